The summed E-state index contributed by atoms with van der Waals surface area (Å²) in [5, 5.41) is 35.2. The second-order valence-electron chi connectivity index (χ2n) is 17.7. The van der Waals surface area contributed by atoms with E-state index in [1.165, 1.54) is 186 Å². The van der Waals surface area contributed by atoms with E-state index in [9.17, 15) is 19.0 Å². The lowest BCUT2D eigenvalue weighted by Crippen LogP contribution is -2.21. The highest BCUT2D eigenvalue weighted by atomic mass is 31.2. The van der Waals surface area contributed by atoms with Gasteiger partial charge in [-0.2, -0.15) is 0 Å². The number of hydrogen-bond donors (Lipinski definition) is 4. The Bertz CT molecular complexity index is 972. The van der Waals surface area contributed by atoms with Crippen molar-refractivity contribution >= 4 is 19.6 Å². The molecule has 4 N–H and O–H groups in total. The van der Waals surface area contributed by atoms with Crippen molar-refractivity contribution in [2.24, 2.45) is 0 Å². The van der Waals surface area contributed by atoms with Crippen molar-refractivity contribution in [3.63, 3.8) is 0 Å². The molecular formula is C51H104O12P-. The number of ketones is 1. The fraction of sp³-hybridized carbons (Fsp3) is 0.961. The Morgan fingerprint density at radius 2 is 0.781 bits per heavy atom. The summed E-state index contributed by atoms with van der Waals surface area (Å²) in [5.74, 6) is 0.0642. The Morgan fingerprint density at radius 1 is 0.453 bits per heavy atom. The van der Waals surface area contributed by atoms with E-state index in [2.05, 4.69) is 29.8 Å². The van der Waals surface area contributed by atoms with Gasteiger partial charge in [0.15, 0.2) is 0 Å². The van der Waals surface area contributed by atoms with Crippen molar-refractivity contribution in [2.75, 3.05) is 46.2 Å². The van der Waals surface area contributed by atoms with Crippen LogP contribution < -0.4 is 4.89 Å². The average Bonchev–Trinajstić information content (AvgIpc) is 3.28. The van der Waals surface area contributed by atoms with Gasteiger partial charge >= 0.3 is 5.97 Å². The Labute approximate surface area is 393 Å². The Kier molecular flexibility index (Phi) is 59.3. The standard InChI is InChI=1S/C19H41O7P.C17H34O4.C15H30O/c1-2-3-4-5-6-7-8-9-10-11-12-13-14-24-15-16-25-27(22,23)26-18-19(21)17-20;1-2-3-4-5-6-7-8-9-10-11-12-13-17(20)21-15-16(19)14-18;1-3-4-5-6-7-8-9-10-11-12-13-14-15(2)16/h19-21H,2-18H2,1H3,(H,22,23);16,18-19H,2-15H2,1H3;3-14H2,1-2H3/p-1. The third kappa shape index (κ3) is 63.1. The van der Waals surface area contributed by atoms with Crippen molar-refractivity contribution in [3.8, 4) is 0 Å². The number of ether oxygens (including phenoxy) is 2. The molecule has 0 heterocycles. The van der Waals surface area contributed by atoms with Crippen LogP contribution in [0.4, 0.5) is 0 Å². The molecule has 0 fully saturated rings. The highest BCUT2D eigenvalue weighted by Crippen LogP contribution is 2.38. The fourth-order valence-electron chi connectivity index (χ4n) is 6.91. The number of rotatable bonds is 48. The summed E-state index contributed by atoms with van der Waals surface area (Å²) in [6.45, 7) is 7.53. The van der Waals surface area contributed by atoms with Gasteiger partial charge in [-0.15, -0.1) is 0 Å². The van der Waals surface area contributed by atoms with E-state index in [1.54, 1.807) is 6.92 Å². The number of Topliss-reactive ketones (excluding diaryl/α,β-unsaturated/α-hetero) is 1. The van der Waals surface area contributed by atoms with Crippen LogP contribution in [0.3, 0.4) is 0 Å². The first-order chi connectivity index (χ1) is 31.0. The topological polar surface area (TPSA) is 192 Å². The zero-order valence-electron chi connectivity index (χ0n) is 42.1. The zero-order valence-corrected chi connectivity index (χ0v) is 43.0. The van der Waals surface area contributed by atoms with Gasteiger partial charge in [0.25, 0.3) is 7.82 Å². The molecule has 3 atom stereocenters. The Balaban J connectivity index is -0.000000903. The lowest BCUT2D eigenvalue weighted by molar-refractivity contribution is -0.228. The maximum absolute atomic E-state index is 11.3. The number of phosphoric ester groups is 1. The number of esters is 1. The van der Waals surface area contributed by atoms with E-state index >= 15 is 0 Å². The lowest BCUT2D eigenvalue weighted by atomic mass is 10.0. The summed E-state index contributed by atoms with van der Waals surface area (Å²) in [4.78, 5) is 33.3. The monoisotopic (exact) mass is 940 g/mol. The molecule has 0 saturated carbocycles. The lowest BCUT2D eigenvalue weighted by Gasteiger charge is -2.23. The van der Waals surface area contributed by atoms with Crippen LogP contribution in [-0.4, -0.2) is 90.6 Å². The van der Waals surface area contributed by atoms with E-state index < -0.39 is 33.2 Å². The molecule has 0 aromatic carbocycles. The van der Waals surface area contributed by atoms with Crippen molar-refractivity contribution in [3.05, 3.63) is 0 Å². The number of carbonyl (C=O) groups is 2. The van der Waals surface area contributed by atoms with Gasteiger partial charge in [-0.25, -0.2) is 0 Å². The van der Waals surface area contributed by atoms with Gasteiger partial charge in [0.05, 0.1) is 33.0 Å². The summed E-state index contributed by atoms with van der Waals surface area (Å²) >= 11 is 0. The van der Waals surface area contributed by atoms with Gasteiger partial charge in [-0.3, -0.25) is 9.36 Å². The molecule has 0 aliphatic heterocycles. The van der Waals surface area contributed by atoms with Crippen LogP contribution in [-0.2, 0) is 32.7 Å². The molecule has 0 rings (SSSR count). The minimum absolute atomic E-state index is 0.104. The molecule has 0 bridgehead atoms. The second-order valence-corrected chi connectivity index (χ2v) is 19.1. The second kappa shape index (κ2) is 56.4. The van der Waals surface area contributed by atoms with E-state index in [0.717, 1.165) is 38.5 Å². The average molecular weight is 940 g/mol. The van der Waals surface area contributed by atoms with Crippen LogP contribution >= 0.6 is 7.82 Å². The maximum atomic E-state index is 11.3. The van der Waals surface area contributed by atoms with Gasteiger partial charge in [-0.1, -0.05) is 220 Å². The third-order valence-corrected chi connectivity index (χ3v) is 12.0. The summed E-state index contributed by atoms with van der Waals surface area (Å²) in [7, 11) is -4.45. The summed E-state index contributed by atoms with van der Waals surface area (Å²) < 4.78 is 30.5. The molecule has 12 nitrogen and oxygen atoms in total. The molecular weight excluding hydrogens is 836 g/mol. The van der Waals surface area contributed by atoms with E-state index in [0.29, 0.717) is 18.8 Å². The molecule has 0 saturated heterocycles. The normalized spacial score (nSPS) is 13.0. The van der Waals surface area contributed by atoms with E-state index in [1.807, 2.05) is 0 Å². The predicted octanol–water partition coefficient (Wildman–Crippen LogP) is 12.4. The number of carbonyl (C=O) groups excluding carboxylic acids is 2. The van der Waals surface area contributed by atoms with Crippen molar-refractivity contribution in [2.45, 2.75) is 271 Å². The van der Waals surface area contributed by atoms with Crippen LogP contribution in [0.15, 0.2) is 0 Å². The minimum Gasteiger partial charge on any atom is -0.756 e. The molecule has 0 amide bonds. The largest absolute Gasteiger partial charge is 0.756 e. The van der Waals surface area contributed by atoms with Gasteiger partial charge in [0, 0.05) is 19.4 Å². The number of aliphatic hydroxyl groups is 4. The molecule has 0 aromatic heterocycles. The molecule has 0 aliphatic carbocycles. The van der Waals surface area contributed by atoms with Crippen molar-refractivity contribution < 1.29 is 58.0 Å². The molecule has 3 unspecified atom stereocenters. The van der Waals surface area contributed by atoms with Gasteiger partial charge in [-0.05, 0) is 26.2 Å². The Morgan fingerprint density at radius 3 is 1.14 bits per heavy atom. The van der Waals surface area contributed by atoms with Crippen LogP contribution in [0, 0.1) is 0 Å². The summed E-state index contributed by atoms with van der Waals surface area (Å²) in [5.41, 5.74) is 0. The van der Waals surface area contributed by atoms with Crippen molar-refractivity contribution in [1.82, 2.24) is 0 Å². The number of hydrogen-bond acceptors (Lipinski definition) is 12. The van der Waals surface area contributed by atoms with Gasteiger partial charge < -0.3 is 48.6 Å². The quantitative estimate of drug-likeness (QED) is 0.0257. The molecule has 386 valence electrons. The number of aliphatic hydroxyl groups excluding tert-OH is 4. The number of phosphoric acid groups is 1. The van der Waals surface area contributed by atoms with Gasteiger partial charge in [0.1, 0.15) is 24.6 Å². The minimum atomic E-state index is -4.45. The first-order valence-corrected chi connectivity index (χ1v) is 27.9. The highest BCUT2D eigenvalue weighted by molar-refractivity contribution is 7.45. The van der Waals surface area contributed by atoms with Gasteiger partial charge in [0.2, 0.25) is 0 Å². The Hall–Kier alpha value is -0.950. The fourth-order valence-corrected chi connectivity index (χ4v) is 7.64. The van der Waals surface area contributed by atoms with Crippen LogP contribution in [0.1, 0.15) is 259 Å². The summed E-state index contributed by atoms with van der Waals surface area (Å²) in [6.07, 6.45) is 43.1. The molecule has 0 radical (unpaired) electrons. The summed E-state index contributed by atoms with van der Waals surface area (Å²) in [6, 6.07) is 0. The number of unbranched alkanes of at least 4 members (excludes halogenated alkanes) is 31. The molecule has 64 heavy (non-hydrogen) atoms. The molecule has 0 spiro atoms. The van der Waals surface area contributed by atoms with Crippen LogP contribution in [0.5, 0.6) is 0 Å². The van der Waals surface area contributed by atoms with Crippen LogP contribution in [0.2, 0.25) is 0 Å². The SMILES string of the molecule is CCCCCCCCCCCCCC(=O)OCC(O)CO.CCCCCCCCCCCCCC(C)=O.CCCCCCCCCCCCCCOCCOP(=O)([O-])OCC(O)CO. The first-order valence-electron chi connectivity index (χ1n) is 26.4. The third-order valence-electron chi connectivity index (χ3n) is 11.0. The predicted molar refractivity (Wildman–Crippen MR) is 261 cm³/mol. The highest BCUT2D eigenvalue weighted by Gasteiger charge is 2.12. The van der Waals surface area contributed by atoms with Crippen LogP contribution in [0.25, 0.3) is 0 Å². The first kappa shape index (κ1) is 67.3. The zero-order chi connectivity index (χ0) is 48.0. The van der Waals surface area contributed by atoms with Crippen molar-refractivity contribution in [1.29, 1.82) is 0 Å². The molecule has 13 heteroatoms. The molecule has 0 aromatic rings. The van der Waals surface area contributed by atoms with E-state index in [-0.39, 0.29) is 32.4 Å². The maximum Gasteiger partial charge on any atom is 0.305 e. The molecule has 0 aliphatic rings. The smallest absolute Gasteiger partial charge is 0.305 e. The van der Waals surface area contributed by atoms with E-state index in [4.69, 9.17) is 29.9 Å².